The summed E-state index contributed by atoms with van der Waals surface area (Å²) in [6, 6.07) is 9.42. The summed E-state index contributed by atoms with van der Waals surface area (Å²) in [5.41, 5.74) is 0.638. The normalized spacial score (nSPS) is 16.5. The summed E-state index contributed by atoms with van der Waals surface area (Å²) in [5, 5.41) is 13.6. The number of amides is 3. The fourth-order valence-corrected chi connectivity index (χ4v) is 3.39. The highest BCUT2D eigenvalue weighted by Gasteiger charge is 2.28. The Kier molecular flexibility index (Phi) is 4.86. The second kappa shape index (κ2) is 7.63. The van der Waals surface area contributed by atoms with Gasteiger partial charge < -0.3 is 9.88 Å². The lowest BCUT2D eigenvalue weighted by molar-refractivity contribution is -0.135. The summed E-state index contributed by atoms with van der Waals surface area (Å²) in [5.74, 6) is -1.18. The molecule has 3 aromatic rings. The van der Waals surface area contributed by atoms with Crippen molar-refractivity contribution in [3.63, 3.8) is 0 Å². The first-order valence-corrected chi connectivity index (χ1v) is 9.07. The molecule has 0 spiro atoms. The van der Waals surface area contributed by atoms with Crippen LogP contribution in [0.4, 0.5) is 0 Å². The van der Waals surface area contributed by atoms with E-state index >= 15 is 0 Å². The van der Waals surface area contributed by atoms with E-state index in [1.54, 1.807) is 36.5 Å². The monoisotopic (exact) mass is 391 g/mol. The zero-order valence-electron chi connectivity index (χ0n) is 15.3. The van der Waals surface area contributed by atoms with Crippen LogP contribution in [0, 0.1) is 0 Å². The molecule has 9 heteroatoms. The second-order valence-electron chi connectivity index (χ2n) is 6.67. The number of pyridine rings is 1. The molecule has 0 bridgehead atoms. The molecule has 29 heavy (non-hydrogen) atoms. The fraction of sp³-hybridized carbons (Fsp3) is 0.200. The third-order valence-electron chi connectivity index (χ3n) is 4.85. The van der Waals surface area contributed by atoms with Crippen LogP contribution in [0.15, 0.2) is 53.6 Å². The van der Waals surface area contributed by atoms with Gasteiger partial charge >= 0.3 is 0 Å². The highest BCUT2D eigenvalue weighted by molar-refractivity contribution is 5.99. The van der Waals surface area contributed by atoms with E-state index in [4.69, 9.17) is 0 Å². The summed E-state index contributed by atoms with van der Waals surface area (Å²) in [7, 11) is 0. The first-order chi connectivity index (χ1) is 14.0. The Balaban J connectivity index is 1.62. The van der Waals surface area contributed by atoms with Gasteiger partial charge in [0.25, 0.3) is 11.5 Å². The quantitative estimate of drug-likeness (QED) is 0.631. The number of rotatable bonds is 4. The number of fused-ring (bicyclic) bond motifs is 1. The Morgan fingerprint density at radius 1 is 1.14 bits per heavy atom. The molecule has 0 saturated carbocycles. The van der Waals surface area contributed by atoms with Crippen LogP contribution >= 0.6 is 0 Å². The lowest BCUT2D eigenvalue weighted by Crippen LogP contribution is -2.44. The Morgan fingerprint density at radius 2 is 2.00 bits per heavy atom. The second-order valence-corrected chi connectivity index (χ2v) is 6.67. The van der Waals surface area contributed by atoms with Gasteiger partial charge in [0.05, 0.1) is 0 Å². The van der Waals surface area contributed by atoms with Gasteiger partial charge in [-0.1, -0.05) is 12.1 Å². The van der Waals surface area contributed by atoms with Crippen molar-refractivity contribution in [2.45, 2.75) is 25.4 Å². The largest absolute Gasteiger partial charge is 0.347 e. The molecule has 1 aliphatic rings. The molecule has 1 aliphatic heterocycles. The summed E-state index contributed by atoms with van der Waals surface area (Å²) in [6.07, 6.45) is 3.51. The van der Waals surface area contributed by atoms with Crippen molar-refractivity contribution in [2.24, 2.45) is 0 Å². The SMILES string of the molecule is O=C1CCC(n2ccc3c(CNC(=O)c4cccnn4)cccc3c2=O)C(=O)N1. The number of aromatic nitrogens is 3. The van der Waals surface area contributed by atoms with E-state index in [1.165, 1.54) is 10.8 Å². The molecule has 4 rings (SSSR count). The number of hydrogen-bond donors (Lipinski definition) is 2. The molecule has 2 N–H and O–H groups in total. The van der Waals surface area contributed by atoms with E-state index in [1.807, 2.05) is 6.07 Å². The van der Waals surface area contributed by atoms with Gasteiger partial charge in [-0.2, -0.15) is 5.10 Å². The van der Waals surface area contributed by atoms with Crippen molar-refractivity contribution >= 4 is 28.5 Å². The van der Waals surface area contributed by atoms with E-state index in [2.05, 4.69) is 20.8 Å². The maximum atomic E-state index is 13.0. The van der Waals surface area contributed by atoms with Crippen LogP contribution in [-0.2, 0) is 16.1 Å². The van der Waals surface area contributed by atoms with E-state index in [0.717, 1.165) is 5.56 Å². The molecule has 9 nitrogen and oxygen atoms in total. The van der Waals surface area contributed by atoms with Gasteiger partial charge in [-0.3, -0.25) is 24.5 Å². The standard InChI is InChI=1S/C20H17N5O4/c26-17-7-6-16(19(28)23-17)25-10-8-13-12(3-1-4-14(13)20(25)29)11-21-18(27)15-5-2-9-22-24-15/h1-5,8-10,16H,6-7,11H2,(H,21,27)(H,23,26,28). The van der Waals surface area contributed by atoms with Crippen LogP contribution in [-0.4, -0.2) is 32.5 Å². The summed E-state index contributed by atoms with van der Waals surface area (Å²) in [4.78, 5) is 48.6. The molecule has 1 unspecified atom stereocenters. The molecule has 1 aromatic carbocycles. The first-order valence-electron chi connectivity index (χ1n) is 9.07. The van der Waals surface area contributed by atoms with Crippen LogP contribution in [0.1, 0.15) is 34.9 Å². The number of imide groups is 1. The van der Waals surface area contributed by atoms with E-state index < -0.39 is 11.9 Å². The van der Waals surface area contributed by atoms with Crippen molar-refractivity contribution in [3.05, 3.63) is 70.4 Å². The van der Waals surface area contributed by atoms with E-state index in [9.17, 15) is 19.2 Å². The van der Waals surface area contributed by atoms with E-state index in [0.29, 0.717) is 10.8 Å². The Hall–Kier alpha value is -3.88. The number of piperidine rings is 1. The lowest BCUT2D eigenvalue weighted by Gasteiger charge is -2.23. The van der Waals surface area contributed by atoms with Crippen LogP contribution in [0.3, 0.4) is 0 Å². The third-order valence-corrected chi connectivity index (χ3v) is 4.85. The summed E-state index contributed by atoms with van der Waals surface area (Å²) in [6.45, 7) is 0.203. The zero-order chi connectivity index (χ0) is 20.4. The molecular formula is C20H17N5O4. The van der Waals surface area contributed by atoms with Gasteiger partial charge in [0.2, 0.25) is 11.8 Å². The predicted molar refractivity (Wildman–Crippen MR) is 103 cm³/mol. The van der Waals surface area contributed by atoms with Gasteiger partial charge in [-0.25, -0.2) is 0 Å². The van der Waals surface area contributed by atoms with Gasteiger partial charge in [-0.05, 0) is 41.6 Å². The number of nitrogens with zero attached hydrogens (tertiary/aromatic N) is 3. The van der Waals surface area contributed by atoms with Crippen LogP contribution in [0.2, 0.25) is 0 Å². The predicted octanol–water partition coefficient (Wildman–Crippen LogP) is 0.699. The molecule has 3 heterocycles. The Morgan fingerprint density at radius 3 is 2.76 bits per heavy atom. The molecular weight excluding hydrogens is 374 g/mol. The van der Waals surface area contributed by atoms with Crippen LogP contribution < -0.4 is 16.2 Å². The zero-order valence-corrected chi connectivity index (χ0v) is 15.3. The first kappa shape index (κ1) is 18.5. The smallest absolute Gasteiger partial charge is 0.272 e. The number of carbonyl (C=O) groups is 3. The highest BCUT2D eigenvalue weighted by Crippen LogP contribution is 2.20. The molecule has 3 amide bonds. The Bertz CT molecular complexity index is 1170. The summed E-state index contributed by atoms with van der Waals surface area (Å²) < 4.78 is 1.35. The van der Waals surface area contributed by atoms with Crippen molar-refractivity contribution in [2.75, 3.05) is 0 Å². The molecule has 1 saturated heterocycles. The maximum Gasteiger partial charge on any atom is 0.272 e. The highest BCUT2D eigenvalue weighted by atomic mass is 16.2. The third kappa shape index (κ3) is 3.62. The lowest BCUT2D eigenvalue weighted by atomic mass is 10.0. The maximum absolute atomic E-state index is 13.0. The van der Waals surface area contributed by atoms with Crippen LogP contribution in [0.5, 0.6) is 0 Å². The molecule has 0 aliphatic carbocycles. The van der Waals surface area contributed by atoms with Crippen molar-refractivity contribution < 1.29 is 14.4 Å². The van der Waals surface area contributed by atoms with Gasteiger partial charge in [0.15, 0.2) is 5.69 Å². The minimum Gasteiger partial charge on any atom is -0.347 e. The fourth-order valence-electron chi connectivity index (χ4n) is 3.39. The number of hydrogen-bond acceptors (Lipinski definition) is 6. The van der Waals surface area contributed by atoms with Gasteiger partial charge in [-0.15, -0.1) is 5.10 Å². The van der Waals surface area contributed by atoms with Gasteiger partial charge in [0, 0.05) is 30.7 Å². The minimum absolute atomic E-state index is 0.190. The molecule has 0 radical (unpaired) electrons. The van der Waals surface area contributed by atoms with Gasteiger partial charge in [0.1, 0.15) is 6.04 Å². The van der Waals surface area contributed by atoms with Crippen LogP contribution in [0.25, 0.3) is 10.8 Å². The molecule has 1 atom stereocenters. The number of carbonyl (C=O) groups excluding carboxylic acids is 3. The van der Waals surface area contributed by atoms with Crippen molar-refractivity contribution in [3.8, 4) is 0 Å². The van der Waals surface area contributed by atoms with Crippen molar-refractivity contribution in [1.29, 1.82) is 0 Å². The summed E-state index contributed by atoms with van der Waals surface area (Å²) >= 11 is 0. The van der Waals surface area contributed by atoms with E-state index in [-0.39, 0.29) is 42.5 Å². The average molecular weight is 391 g/mol. The molecule has 2 aromatic heterocycles. The molecule has 1 fully saturated rings. The molecule has 146 valence electrons. The topological polar surface area (TPSA) is 123 Å². The number of nitrogens with one attached hydrogen (secondary N) is 2. The van der Waals surface area contributed by atoms with Crippen molar-refractivity contribution in [1.82, 2.24) is 25.4 Å². The Labute approximate surface area is 164 Å². The minimum atomic E-state index is -0.718. The average Bonchev–Trinajstić information content (AvgIpc) is 2.73. The number of benzene rings is 1.